The van der Waals surface area contributed by atoms with E-state index in [9.17, 15) is 4.39 Å². The van der Waals surface area contributed by atoms with E-state index in [0.717, 1.165) is 25.2 Å². The lowest BCUT2D eigenvalue weighted by molar-refractivity contribution is 0.188. The zero-order valence-electron chi connectivity index (χ0n) is 9.75. The SMILES string of the molecule is CN[C@@H]1CCCN(Cc2cccc(F)c2)C1. The molecule has 1 aromatic rings. The summed E-state index contributed by atoms with van der Waals surface area (Å²) in [5.41, 5.74) is 1.07. The van der Waals surface area contributed by atoms with Gasteiger partial charge < -0.3 is 5.32 Å². The predicted molar refractivity (Wildman–Crippen MR) is 63.8 cm³/mol. The van der Waals surface area contributed by atoms with Crippen molar-refractivity contribution >= 4 is 0 Å². The van der Waals surface area contributed by atoms with Crippen LogP contribution < -0.4 is 5.32 Å². The molecule has 16 heavy (non-hydrogen) atoms. The normalized spacial score (nSPS) is 22.2. The fraction of sp³-hybridized carbons (Fsp3) is 0.538. The van der Waals surface area contributed by atoms with Crippen molar-refractivity contribution in [2.45, 2.75) is 25.4 Å². The zero-order valence-corrected chi connectivity index (χ0v) is 9.75. The minimum atomic E-state index is -0.139. The Morgan fingerprint density at radius 2 is 2.38 bits per heavy atom. The molecule has 1 atom stereocenters. The van der Waals surface area contributed by atoms with E-state index in [0.29, 0.717) is 6.04 Å². The molecule has 0 aromatic heterocycles. The Morgan fingerprint density at radius 3 is 3.12 bits per heavy atom. The monoisotopic (exact) mass is 222 g/mol. The number of nitrogens with one attached hydrogen (secondary N) is 1. The number of likely N-dealkylation sites (tertiary alicyclic amines) is 1. The first-order valence-corrected chi connectivity index (χ1v) is 5.92. The van der Waals surface area contributed by atoms with Crippen molar-refractivity contribution in [2.24, 2.45) is 0 Å². The Balaban J connectivity index is 1.94. The van der Waals surface area contributed by atoms with Crippen LogP contribution >= 0.6 is 0 Å². The van der Waals surface area contributed by atoms with Crippen LogP contribution in [0.15, 0.2) is 24.3 Å². The lowest BCUT2D eigenvalue weighted by Crippen LogP contribution is -2.43. The van der Waals surface area contributed by atoms with Crippen molar-refractivity contribution in [3.05, 3.63) is 35.6 Å². The molecule has 3 heteroatoms. The van der Waals surface area contributed by atoms with Gasteiger partial charge in [-0.2, -0.15) is 0 Å². The van der Waals surface area contributed by atoms with Crippen molar-refractivity contribution in [3.63, 3.8) is 0 Å². The third kappa shape index (κ3) is 3.03. The summed E-state index contributed by atoms with van der Waals surface area (Å²) in [6, 6.07) is 7.48. The number of hydrogen-bond acceptors (Lipinski definition) is 2. The third-order valence-corrected chi connectivity index (χ3v) is 3.21. The molecule has 88 valence electrons. The van der Waals surface area contributed by atoms with Crippen LogP contribution in [0.3, 0.4) is 0 Å². The molecule has 0 amide bonds. The molecule has 0 radical (unpaired) electrons. The van der Waals surface area contributed by atoms with Crippen LogP contribution in [-0.2, 0) is 6.54 Å². The Labute approximate surface area is 96.5 Å². The van der Waals surface area contributed by atoms with Gasteiger partial charge in [0, 0.05) is 19.1 Å². The Kier molecular flexibility index (Phi) is 3.91. The molecule has 1 fully saturated rings. The van der Waals surface area contributed by atoms with Gasteiger partial charge in [0.25, 0.3) is 0 Å². The van der Waals surface area contributed by atoms with Crippen LogP contribution in [0.2, 0.25) is 0 Å². The quantitative estimate of drug-likeness (QED) is 0.841. The summed E-state index contributed by atoms with van der Waals surface area (Å²) in [5, 5.41) is 3.32. The number of rotatable bonds is 3. The van der Waals surface area contributed by atoms with E-state index in [2.05, 4.69) is 10.2 Å². The maximum absolute atomic E-state index is 13.0. The van der Waals surface area contributed by atoms with Crippen LogP contribution in [0.4, 0.5) is 4.39 Å². The van der Waals surface area contributed by atoms with Gasteiger partial charge in [0.1, 0.15) is 5.82 Å². The summed E-state index contributed by atoms with van der Waals surface area (Å²) < 4.78 is 13.0. The fourth-order valence-electron chi connectivity index (χ4n) is 2.33. The van der Waals surface area contributed by atoms with Crippen molar-refractivity contribution < 1.29 is 4.39 Å². The average Bonchev–Trinajstić information content (AvgIpc) is 2.29. The minimum Gasteiger partial charge on any atom is -0.316 e. The van der Waals surface area contributed by atoms with E-state index in [-0.39, 0.29) is 5.82 Å². The molecule has 2 nitrogen and oxygen atoms in total. The fourth-order valence-corrected chi connectivity index (χ4v) is 2.33. The molecule has 1 aliphatic heterocycles. The highest BCUT2D eigenvalue weighted by molar-refractivity contribution is 5.16. The second kappa shape index (κ2) is 5.41. The molecule has 2 rings (SSSR count). The number of halogens is 1. The van der Waals surface area contributed by atoms with E-state index in [1.807, 2.05) is 13.1 Å². The second-order valence-corrected chi connectivity index (χ2v) is 4.49. The van der Waals surface area contributed by atoms with Crippen molar-refractivity contribution in [2.75, 3.05) is 20.1 Å². The van der Waals surface area contributed by atoms with Crippen LogP contribution in [0, 0.1) is 5.82 Å². The number of piperidine rings is 1. The molecule has 1 N–H and O–H groups in total. The maximum Gasteiger partial charge on any atom is 0.123 e. The summed E-state index contributed by atoms with van der Waals surface area (Å²) in [4.78, 5) is 2.39. The molecule has 1 heterocycles. The van der Waals surface area contributed by atoms with Gasteiger partial charge in [0.2, 0.25) is 0 Å². The minimum absolute atomic E-state index is 0.139. The maximum atomic E-state index is 13.0. The largest absolute Gasteiger partial charge is 0.316 e. The van der Waals surface area contributed by atoms with Crippen LogP contribution in [0.5, 0.6) is 0 Å². The van der Waals surface area contributed by atoms with Gasteiger partial charge in [-0.15, -0.1) is 0 Å². The smallest absolute Gasteiger partial charge is 0.123 e. The first-order chi connectivity index (χ1) is 7.78. The number of nitrogens with zero attached hydrogens (tertiary/aromatic N) is 1. The van der Waals surface area contributed by atoms with E-state index in [4.69, 9.17) is 0 Å². The lowest BCUT2D eigenvalue weighted by Gasteiger charge is -2.32. The first-order valence-electron chi connectivity index (χ1n) is 5.92. The highest BCUT2D eigenvalue weighted by Gasteiger charge is 2.18. The molecular formula is C13H19FN2. The molecular weight excluding hydrogens is 203 g/mol. The topological polar surface area (TPSA) is 15.3 Å². The van der Waals surface area contributed by atoms with Gasteiger partial charge in [0.15, 0.2) is 0 Å². The van der Waals surface area contributed by atoms with E-state index in [1.165, 1.54) is 18.9 Å². The molecule has 0 bridgehead atoms. The molecule has 0 saturated carbocycles. The van der Waals surface area contributed by atoms with Crippen LogP contribution in [-0.4, -0.2) is 31.1 Å². The van der Waals surface area contributed by atoms with Gasteiger partial charge >= 0.3 is 0 Å². The van der Waals surface area contributed by atoms with Gasteiger partial charge in [-0.3, -0.25) is 4.90 Å². The number of hydrogen-bond donors (Lipinski definition) is 1. The molecule has 0 aliphatic carbocycles. The Morgan fingerprint density at radius 1 is 1.50 bits per heavy atom. The lowest BCUT2D eigenvalue weighted by atomic mass is 10.1. The van der Waals surface area contributed by atoms with Gasteiger partial charge in [0.05, 0.1) is 0 Å². The zero-order chi connectivity index (χ0) is 11.4. The number of likely N-dealkylation sites (N-methyl/N-ethyl adjacent to an activating group) is 1. The summed E-state index contributed by atoms with van der Waals surface area (Å²) >= 11 is 0. The van der Waals surface area contributed by atoms with Gasteiger partial charge in [-0.05, 0) is 44.1 Å². The summed E-state index contributed by atoms with van der Waals surface area (Å²) in [7, 11) is 2.01. The molecule has 1 aliphatic rings. The predicted octanol–water partition coefficient (Wildman–Crippen LogP) is 2.01. The first kappa shape index (κ1) is 11.6. The van der Waals surface area contributed by atoms with E-state index in [1.54, 1.807) is 12.1 Å². The van der Waals surface area contributed by atoms with Crippen molar-refractivity contribution in [3.8, 4) is 0 Å². The standard InChI is InChI=1S/C13H19FN2/c1-15-13-6-3-7-16(10-13)9-11-4-2-5-12(14)8-11/h2,4-5,8,13,15H,3,6-7,9-10H2,1H3/t13-/m1/s1. The van der Waals surface area contributed by atoms with Gasteiger partial charge in [-0.1, -0.05) is 12.1 Å². The second-order valence-electron chi connectivity index (χ2n) is 4.49. The summed E-state index contributed by atoms with van der Waals surface area (Å²) in [6.45, 7) is 3.04. The summed E-state index contributed by atoms with van der Waals surface area (Å²) in [6.07, 6.45) is 2.47. The highest BCUT2D eigenvalue weighted by atomic mass is 19.1. The van der Waals surface area contributed by atoms with Crippen molar-refractivity contribution in [1.82, 2.24) is 10.2 Å². The van der Waals surface area contributed by atoms with Crippen molar-refractivity contribution in [1.29, 1.82) is 0 Å². The van der Waals surface area contributed by atoms with Gasteiger partial charge in [-0.25, -0.2) is 4.39 Å². The Bertz CT molecular complexity index is 340. The number of benzene rings is 1. The van der Waals surface area contributed by atoms with E-state index >= 15 is 0 Å². The highest BCUT2D eigenvalue weighted by Crippen LogP contribution is 2.14. The van der Waals surface area contributed by atoms with E-state index < -0.39 is 0 Å². The summed E-state index contributed by atoms with van der Waals surface area (Å²) in [5.74, 6) is -0.139. The molecule has 0 spiro atoms. The molecule has 1 aromatic carbocycles. The third-order valence-electron chi connectivity index (χ3n) is 3.21. The molecule has 1 saturated heterocycles. The van der Waals surface area contributed by atoms with Crippen LogP contribution in [0.25, 0.3) is 0 Å². The average molecular weight is 222 g/mol. The molecule has 0 unspecified atom stereocenters. The van der Waals surface area contributed by atoms with Crippen LogP contribution in [0.1, 0.15) is 18.4 Å². The Hall–Kier alpha value is -0.930.